The second kappa shape index (κ2) is 6.55. The molecule has 0 saturated carbocycles. The largest absolute Gasteiger partial charge is 0.386 e. The molecule has 0 spiro atoms. The molecule has 3 heteroatoms. The standard InChI is InChI=1S/C15H23NO2/c1-11(2)10-14(17)16(4)12(3)15(18)13-8-6-5-7-9-13/h5-9,11-12,15,18H,10H2,1-4H3/t12-,15+/m1/s1. The smallest absolute Gasteiger partial charge is 0.222 e. The van der Waals surface area contributed by atoms with Crippen LogP contribution in [0, 0.1) is 5.92 Å². The first-order chi connectivity index (χ1) is 8.43. The van der Waals surface area contributed by atoms with Gasteiger partial charge in [0.25, 0.3) is 0 Å². The monoisotopic (exact) mass is 249 g/mol. The molecule has 0 aliphatic rings. The lowest BCUT2D eigenvalue weighted by molar-refractivity contribution is -0.134. The van der Waals surface area contributed by atoms with E-state index >= 15 is 0 Å². The molecule has 0 aliphatic carbocycles. The van der Waals surface area contributed by atoms with Crippen LogP contribution in [0.2, 0.25) is 0 Å². The fraction of sp³-hybridized carbons (Fsp3) is 0.533. The number of amides is 1. The molecule has 1 aromatic rings. The predicted molar refractivity (Wildman–Crippen MR) is 73.1 cm³/mol. The zero-order valence-corrected chi connectivity index (χ0v) is 11.6. The summed E-state index contributed by atoms with van der Waals surface area (Å²) in [6, 6.07) is 9.22. The molecule has 2 atom stereocenters. The van der Waals surface area contributed by atoms with Gasteiger partial charge < -0.3 is 10.0 Å². The third kappa shape index (κ3) is 3.84. The highest BCUT2D eigenvalue weighted by Crippen LogP contribution is 2.20. The molecule has 1 aromatic carbocycles. The summed E-state index contributed by atoms with van der Waals surface area (Å²) in [7, 11) is 1.75. The molecule has 0 bridgehead atoms. The van der Waals surface area contributed by atoms with Gasteiger partial charge in [-0.3, -0.25) is 4.79 Å². The van der Waals surface area contributed by atoms with E-state index in [9.17, 15) is 9.90 Å². The topological polar surface area (TPSA) is 40.5 Å². The Kier molecular flexibility index (Phi) is 5.35. The van der Waals surface area contributed by atoms with Crippen LogP contribution in [0.15, 0.2) is 30.3 Å². The molecule has 0 heterocycles. The van der Waals surface area contributed by atoms with Gasteiger partial charge in [-0.05, 0) is 18.4 Å². The van der Waals surface area contributed by atoms with Crippen LogP contribution in [-0.4, -0.2) is 29.0 Å². The minimum absolute atomic E-state index is 0.0764. The number of nitrogens with zero attached hydrogens (tertiary/aromatic N) is 1. The summed E-state index contributed by atoms with van der Waals surface area (Å²) in [5.74, 6) is 0.411. The summed E-state index contributed by atoms with van der Waals surface area (Å²) in [6.45, 7) is 5.91. The lowest BCUT2D eigenvalue weighted by Crippen LogP contribution is -2.39. The number of benzene rings is 1. The Morgan fingerprint density at radius 1 is 1.22 bits per heavy atom. The molecule has 0 unspecified atom stereocenters. The van der Waals surface area contributed by atoms with E-state index in [4.69, 9.17) is 0 Å². The summed E-state index contributed by atoms with van der Waals surface area (Å²) in [4.78, 5) is 13.6. The molecule has 1 rings (SSSR count). The maximum absolute atomic E-state index is 11.9. The molecule has 0 fully saturated rings. The van der Waals surface area contributed by atoms with E-state index in [1.807, 2.05) is 51.1 Å². The van der Waals surface area contributed by atoms with Crippen LogP contribution >= 0.6 is 0 Å². The molecule has 3 nitrogen and oxygen atoms in total. The molecule has 1 N–H and O–H groups in total. The molecule has 0 aromatic heterocycles. The van der Waals surface area contributed by atoms with Crippen molar-refractivity contribution in [2.45, 2.75) is 39.3 Å². The molecule has 0 saturated heterocycles. The lowest BCUT2D eigenvalue weighted by atomic mass is 10.0. The molecule has 18 heavy (non-hydrogen) atoms. The van der Waals surface area contributed by atoms with Gasteiger partial charge in [-0.2, -0.15) is 0 Å². The first-order valence-corrected chi connectivity index (χ1v) is 6.42. The van der Waals surface area contributed by atoms with E-state index in [0.29, 0.717) is 12.3 Å². The van der Waals surface area contributed by atoms with Gasteiger partial charge in [-0.1, -0.05) is 44.2 Å². The van der Waals surface area contributed by atoms with Crippen LogP contribution in [0.3, 0.4) is 0 Å². The Bertz CT molecular complexity index is 375. The molecule has 1 amide bonds. The summed E-state index contributed by atoms with van der Waals surface area (Å²) in [5, 5.41) is 10.2. The number of hydrogen-bond acceptors (Lipinski definition) is 2. The van der Waals surface area contributed by atoms with Crippen molar-refractivity contribution in [2.24, 2.45) is 5.92 Å². The van der Waals surface area contributed by atoms with E-state index in [0.717, 1.165) is 5.56 Å². The maximum Gasteiger partial charge on any atom is 0.222 e. The van der Waals surface area contributed by atoms with Crippen LogP contribution in [0.1, 0.15) is 38.9 Å². The van der Waals surface area contributed by atoms with Crippen molar-refractivity contribution >= 4 is 5.91 Å². The number of hydrogen-bond donors (Lipinski definition) is 1. The molecular formula is C15H23NO2. The highest BCUT2D eigenvalue weighted by Gasteiger charge is 2.24. The SMILES string of the molecule is CC(C)CC(=O)N(C)[C@H](C)[C@H](O)c1ccccc1. The van der Waals surface area contributed by atoms with Gasteiger partial charge in [0, 0.05) is 13.5 Å². The van der Waals surface area contributed by atoms with Gasteiger partial charge in [-0.25, -0.2) is 0 Å². The first kappa shape index (κ1) is 14.7. The zero-order chi connectivity index (χ0) is 13.7. The minimum Gasteiger partial charge on any atom is -0.386 e. The summed E-state index contributed by atoms with van der Waals surface area (Å²) >= 11 is 0. The van der Waals surface area contributed by atoms with E-state index in [2.05, 4.69) is 0 Å². The van der Waals surface area contributed by atoms with Gasteiger partial charge in [0.1, 0.15) is 0 Å². The van der Waals surface area contributed by atoms with Crippen molar-refractivity contribution in [1.29, 1.82) is 0 Å². The van der Waals surface area contributed by atoms with Crippen molar-refractivity contribution in [2.75, 3.05) is 7.05 Å². The van der Waals surface area contributed by atoms with Crippen molar-refractivity contribution in [3.8, 4) is 0 Å². The van der Waals surface area contributed by atoms with Crippen molar-refractivity contribution in [3.05, 3.63) is 35.9 Å². The number of rotatable bonds is 5. The van der Waals surface area contributed by atoms with E-state index in [1.54, 1.807) is 11.9 Å². The summed E-state index contributed by atoms with van der Waals surface area (Å²) < 4.78 is 0. The highest BCUT2D eigenvalue weighted by molar-refractivity contribution is 5.76. The number of likely N-dealkylation sites (N-methyl/N-ethyl adjacent to an activating group) is 1. The van der Waals surface area contributed by atoms with Gasteiger partial charge in [0.05, 0.1) is 12.1 Å². The first-order valence-electron chi connectivity index (χ1n) is 6.42. The minimum atomic E-state index is -0.646. The van der Waals surface area contributed by atoms with Gasteiger partial charge in [0.2, 0.25) is 5.91 Å². The average Bonchev–Trinajstić information content (AvgIpc) is 2.36. The maximum atomic E-state index is 11.9. The second-order valence-electron chi connectivity index (χ2n) is 5.20. The van der Waals surface area contributed by atoms with Crippen LogP contribution < -0.4 is 0 Å². The van der Waals surface area contributed by atoms with Gasteiger partial charge in [-0.15, -0.1) is 0 Å². The van der Waals surface area contributed by atoms with Crippen LogP contribution in [0.5, 0.6) is 0 Å². The van der Waals surface area contributed by atoms with E-state index < -0.39 is 6.10 Å². The number of aliphatic hydroxyl groups is 1. The molecule has 0 radical (unpaired) electrons. The van der Waals surface area contributed by atoms with Crippen molar-refractivity contribution < 1.29 is 9.90 Å². The van der Waals surface area contributed by atoms with Crippen LogP contribution in [0.25, 0.3) is 0 Å². The fourth-order valence-corrected chi connectivity index (χ4v) is 1.86. The van der Waals surface area contributed by atoms with Crippen molar-refractivity contribution in [1.82, 2.24) is 4.90 Å². The Hall–Kier alpha value is -1.35. The van der Waals surface area contributed by atoms with E-state index in [1.165, 1.54) is 0 Å². The van der Waals surface area contributed by atoms with E-state index in [-0.39, 0.29) is 11.9 Å². The number of carbonyl (C=O) groups excluding carboxylic acids is 1. The Morgan fingerprint density at radius 3 is 2.28 bits per heavy atom. The highest BCUT2D eigenvalue weighted by atomic mass is 16.3. The fourth-order valence-electron chi connectivity index (χ4n) is 1.86. The molecule has 0 aliphatic heterocycles. The number of carbonyl (C=O) groups is 1. The van der Waals surface area contributed by atoms with Gasteiger partial charge in [0.15, 0.2) is 0 Å². The Labute approximate surface area is 109 Å². The number of aliphatic hydroxyl groups excluding tert-OH is 1. The average molecular weight is 249 g/mol. The normalized spacial score (nSPS) is 14.3. The second-order valence-corrected chi connectivity index (χ2v) is 5.20. The third-order valence-electron chi connectivity index (χ3n) is 3.19. The Morgan fingerprint density at radius 2 is 1.78 bits per heavy atom. The molecular weight excluding hydrogens is 226 g/mol. The quantitative estimate of drug-likeness (QED) is 0.871. The summed E-state index contributed by atoms with van der Waals surface area (Å²) in [6.07, 6.45) is -0.130. The Balaban J connectivity index is 2.69. The third-order valence-corrected chi connectivity index (χ3v) is 3.19. The lowest BCUT2D eigenvalue weighted by Gasteiger charge is -2.29. The predicted octanol–water partition coefficient (Wildman–Crippen LogP) is 2.61. The van der Waals surface area contributed by atoms with Crippen LogP contribution in [-0.2, 0) is 4.79 Å². The van der Waals surface area contributed by atoms with Gasteiger partial charge >= 0.3 is 0 Å². The van der Waals surface area contributed by atoms with Crippen LogP contribution in [0.4, 0.5) is 0 Å². The summed E-state index contributed by atoms with van der Waals surface area (Å²) in [5.41, 5.74) is 0.842. The zero-order valence-electron chi connectivity index (χ0n) is 11.6. The molecule has 100 valence electrons. The van der Waals surface area contributed by atoms with Crippen molar-refractivity contribution in [3.63, 3.8) is 0 Å².